The third-order valence-electron chi connectivity index (χ3n) is 3.44. The van der Waals surface area contributed by atoms with E-state index < -0.39 is 0 Å². The summed E-state index contributed by atoms with van der Waals surface area (Å²) in [4.78, 5) is 0. The summed E-state index contributed by atoms with van der Waals surface area (Å²) in [6, 6.07) is 15.3. The van der Waals surface area contributed by atoms with Gasteiger partial charge in [-0.25, -0.2) is 0 Å². The minimum absolute atomic E-state index is 1.07. The Hall–Kier alpha value is -1.82. The summed E-state index contributed by atoms with van der Waals surface area (Å²) < 4.78 is 0. The largest absolute Gasteiger partial charge is 0.0716 e. The van der Waals surface area contributed by atoms with Gasteiger partial charge in [-0.1, -0.05) is 54.1 Å². The van der Waals surface area contributed by atoms with Crippen LogP contribution in [0.4, 0.5) is 0 Å². The molecular formula is C17H16. The zero-order valence-electron chi connectivity index (χ0n) is 10.3. The summed E-state index contributed by atoms with van der Waals surface area (Å²) in [6.45, 7) is 4.39. The van der Waals surface area contributed by atoms with Gasteiger partial charge in [0.1, 0.15) is 0 Å². The first-order valence-electron chi connectivity index (χ1n) is 6.12. The van der Waals surface area contributed by atoms with Crippen molar-refractivity contribution in [2.24, 2.45) is 0 Å². The fraction of sp³-hybridized carbons (Fsp3) is 0.176. The van der Waals surface area contributed by atoms with E-state index in [9.17, 15) is 0 Å². The third-order valence-corrected chi connectivity index (χ3v) is 3.44. The van der Waals surface area contributed by atoms with E-state index in [0.717, 1.165) is 6.42 Å². The second-order valence-electron chi connectivity index (χ2n) is 4.80. The molecule has 84 valence electrons. The monoisotopic (exact) mass is 220 g/mol. The third kappa shape index (κ3) is 1.70. The summed E-state index contributed by atoms with van der Waals surface area (Å²) in [5.74, 6) is 0. The number of hydrogen-bond acceptors (Lipinski definition) is 0. The Labute approximate surface area is 103 Å². The summed E-state index contributed by atoms with van der Waals surface area (Å²) in [6.07, 6.45) is 3.43. The standard InChI is InChI=1S/C17H16/c1-12-10-13(2)17-15(11-12)8-9-16(17)14-6-4-3-5-7-14/h3-7,9-11H,8H2,1-2H3. The Kier molecular flexibility index (Phi) is 2.36. The van der Waals surface area contributed by atoms with Crippen LogP contribution >= 0.6 is 0 Å². The van der Waals surface area contributed by atoms with Crippen LogP contribution in [0.25, 0.3) is 5.57 Å². The molecule has 2 aromatic carbocycles. The van der Waals surface area contributed by atoms with Gasteiger partial charge in [-0.3, -0.25) is 0 Å². The van der Waals surface area contributed by atoms with Gasteiger partial charge in [-0.2, -0.15) is 0 Å². The predicted molar refractivity (Wildman–Crippen MR) is 73.1 cm³/mol. The number of rotatable bonds is 1. The Morgan fingerprint density at radius 2 is 1.71 bits per heavy atom. The Balaban J connectivity index is 2.16. The summed E-state index contributed by atoms with van der Waals surface area (Å²) in [5.41, 5.74) is 8.41. The molecule has 0 atom stereocenters. The molecule has 0 heterocycles. The van der Waals surface area contributed by atoms with Gasteiger partial charge in [-0.05, 0) is 48.1 Å². The van der Waals surface area contributed by atoms with Crippen LogP contribution in [0.5, 0.6) is 0 Å². The fourth-order valence-electron chi connectivity index (χ4n) is 2.80. The topological polar surface area (TPSA) is 0 Å². The molecule has 0 aliphatic heterocycles. The Morgan fingerprint density at radius 3 is 2.47 bits per heavy atom. The van der Waals surface area contributed by atoms with E-state index >= 15 is 0 Å². The van der Waals surface area contributed by atoms with Gasteiger partial charge in [0.25, 0.3) is 0 Å². The molecule has 1 aliphatic carbocycles. The van der Waals surface area contributed by atoms with Crippen LogP contribution in [0.2, 0.25) is 0 Å². The lowest BCUT2D eigenvalue weighted by molar-refractivity contribution is 1.25. The maximum absolute atomic E-state index is 2.35. The molecule has 2 aromatic rings. The Bertz CT molecular complexity index is 589. The molecule has 1 aliphatic rings. The molecule has 0 bridgehead atoms. The minimum Gasteiger partial charge on any atom is -0.0716 e. The average Bonchev–Trinajstić information content (AvgIpc) is 2.74. The van der Waals surface area contributed by atoms with Crippen LogP contribution in [0, 0.1) is 13.8 Å². The highest BCUT2D eigenvalue weighted by atomic mass is 14.2. The number of fused-ring (bicyclic) bond motifs is 1. The smallest absolute Gasteiger partial charge is 0.00817 e. The van der Waals surface area contributed by atoms with Crippen LogP contribution in [0.1, 0.15) is 27.8 Å². The summed E-state index contributed by atoms with van der Waals surface area (Å²) in [5, 5.41) is 0. The van der Waals surface area contributed by atoms with Gasteiger partial charge in [0, 0.05) is 0 Å². The van der Waals surface area contributed by atoms with Crippen molar-refractivity contribution in [1.82, 2.24) is 0 Å². The van der Waals surface area contributed by atoms with Crippen molar-refractivity contribution >= 4 is 5.57 Å². The van der Waals surface area contributed by atoms with E-state index in [2.05, 4.69) is 62.4 Å². The average molecular weight is 220 g/mol. The molecule has 0 heteroatoms. The van der Waals surface area contributed by atoms with E-state index in [1.54, 1.807) is 0 Å². The second kappa shape index (κ2) is 3.89. The van der Waals surface area contributed by atoms with Crippen molar-refractivity contribution in [3.8, 4) is 0 Å². The molecule has 3 rings (SSSR count). The highest BCUT2D eigenvalue weighted by molar-refractivity contribution is 5.86. The zero-order valence-corrected chi connectivity index (χ0v) is 10.3. The molecule has 0 aromatic heterocycles. The van der Waals surface area contributed by atoms with Crippen molar-refractivity contribution in [1.29, 1.82) is 0 Å². The second-order valence-corrected chi connectivity index (χ2v) is 4.80. The first-order chi connectivity index (χ1) is 8.25. The van der Waals surface area contributed by atoms with E-state index in [1.807, 2.05) is 0 Å². The lowest BCUT2D eigenvalue weighted by Crippen LogP contribution is -1.92. The molecule has 0 radical (unpaired) electrons. The number of aryl methyl sites for hydroxylation is 2. The molecule has 0 N–H and O–H groups in total. The summed E-state index contributed by atoms with van der Waals surface area (Å²) in [7, 11) is 0. The fourth-order valence-corrected chi connectivity index (χ4v) is 2.80. The van der Waals surface area contributed by atoms with E-state index in [1.165, 1.54) is 33.4 Å². The number of benzene rings is 2. The van der Waals surface area contributed by atoms with Crippen molar-refractivity contribution in [2.45, 2.75) is 20.3 Å². The maximum atomic E-state index is 2.35. The molecule has 17 heavy (non-hydrogen) atoms. The molecule has 0 amide bonds. The van der Waals surface area contributed by atoms with Crippen molar-refractivity contribution in [3.63, 3.8) is 0 Å². The maximum Gasteiger partial charge on any atom is -0.00817 e. The van der Waals surface area contributed by atoms with Gasteiger partial charge in [-0.15, -0.1) is 0 Å². The van der Waals surface area contributed by atoms with Crippen LogP contribution < -0.4 is 0 Å². The quantitative estimate of drug-likeness (QED) is 0.672. The van der Waals surface area contributed by atoms with Crippen molar-refractivity contribution in [2.75, 3.05) is 0 Å². The molecule has 0 saturated heterocycles. The molecule has 0 saturated carbocycles. The highest BCUT2D eigenvalue weighted by Gasteiger charge is 2.17. The number of hydrogen-bond donors (Lipinski definition) is 0. The summed E-state index contributed by atoms with van der Waals surface area (Å²) >= 11 is 0. The van der Waals surface area contributed by atoms with Crippen LogP contribution in [0.15, 0.2) is 48.5 Å². The van der Waals surface area contributed by atoms with Gasteiger partial charge < -0.3 is 0 Å². The van der Waals surface area contributed by atoms with E-state index in [0.29, 0.717) is 0 Å². The Morgan fingerprint density at radius 1 is 0.941 bits per heavy atom. The predicted octanol–water partition coefficient (Wildman–Crippen LogP) is 4.29. The van der Waals surface area contributed by atoms with Crippen LogP contribution in [-0.2, 0) is 6.42 Å². The molecule has 0 fully saturated rings. The van der Waals surface area contributed by atoms with Gasteiger partial charge in [0.05, 0.1) is 0 Å². The van der Waals surface area contributed by atoms with Gasteiger partial charge in [0.2, 0.25) is 0 Å². The van der Waals surface area contributed by atoms with Gasteiger partial charge in [0.15, 0.2) is 0 Å². The minimum atomic E-state index is 1.07. The van der Waals surface area contributed by atoms with Crippen molar-refractivity contribution in [3.05, 3.63) is 76.4 Å². The molecule has 0 nitrogen and oxygen atoms in total. The lowest BCUT2D eigenvalue weighted by atomic mass is 9.94. The molecule has 0 spiro atoms. The first kappa shape index (κ1) is 10.3. The van der Waals surface area contributed by atoms with E-state index in [4.69, 9.17) is 0 Å². The normalized spacial score (nSPS) is 13.4. The number of allylic oxidation sites excluding steroid dienone is 1. The molecule has 0 unspecified atom stereocenters. The molecular weight excluding hydrogens is 204 g/mol. The SMILES string of the molecule is Cc1cc(C)c2c(c1)CC=C2c1ccccc1. The first-order valence-corrected chi connectivity index (χ1v) is 6.12. The zero-order chi connectivity index (χ0) is 11.8. The van der Waals surface area contributed by atoms with Crippen molar-refractivity contribution < 1.29 is 0 Å². The van der Waals surface area contributed by atoms with Gasteiger partial charge >= 0.3 is 0 Å². The lowest BCUT2D eigenvalue weighted by Gasteiger charge is -2.11. The van der Waals surface area contributed by atoms with Crippen LogP contribution in [-0.4, -0.2) is 0 Å². The van der Waals surface area contributed by atoms with Crippen LogP contribution in [0.3, 0.4) is 0 Å². The van der Waals surface area contributed by atoms with E-state index in [-0.39, 0.29) is 0 Å². The highest BCUT2D eigenvalue weighted by Crippen LogP contribution is 2.35.